The van der Waals surface area contributed by atoms with Crippen LogP contribution < -0.4 is 5.32 Å². The number of aliphatic hydroxyl groups is 3. The Balaban J connectivity index is 1.29. The van der Waals surface area contributed by atoms with E-state index in [1.54, 1.807) is 78.9 Å². The molecular formula is C44H47NO14. The van der Waals surface area contributed by atoms with E-state index >= 15 is 4.79 Å². The normalized spacial score (nSPS) is 33.1. The lowest BCUT2D eigenvalue weighted by Gasteiger charge is -2.65. The van der Waals surface area contributed by atoms with Crippen molar-refractivity contribution >= 4 is 35.6 Å². The van der Waals surface area contributed by atoms with Crippen LogP contribution in [0.3, 0.4) is 0 Å². The molecule has 312 valence electrons. The molecule has 1 aliphatic heterocycles. The van der Waals surface area contributed by atoms with Gasteiger partial charge in [-0.2, -0.15) is 0 Å². The monoisotopic (exact) mass is 813 g/mol. The van der Waals surface area contributed by atoms with Crippen LogP contribution in [0.1, 0.15) is 78.8 Å². The van der Waals surface area contributed by atoms with E-state index in [2.05, 4.69) is 5.32 Å². The number of nitrogens with one attached hydrogen (secondary N) is 1. The molecule has 1 amide bonds. The molecule has 4 unspecified atom stereocenters. The third-order valence-corrected chi connectivity index (χ3v) is 12.4. The average Bonchev–Trinajstić information content (AvgIpc) is 3.21. The number of amides is 1. The summed E-state index contributed by atoms with van der Waals surface area (Å²) in [6, 6.07) is 23.0. The Bertz CT molecular complexity index is 2080. The van der Waals surface area contributed by atoms with Gasteiger partial charge in [0, 0.05) is 38.2 Å². The zero-order chi connectivity index (χ0) is 42.3. The van der Waals surface area contributed by atoms with Crippen molar-refractivity contribution in [3.8, 4) is 0 Å². The lowest BCUT2D eigenvalue weighted by Crippen LogP contribution is -2.80. The summed E-state index contributed by atoms with van der Waals surface area (Å²) in [5.41, 5.74) is -5.15. The molecule has 0 radical (unpaired) electrons. The number of rotatable bonds is 10. The maximum absolute atomic E-state index is 15.1. The highest BCUT2D eigenvalue weighted by molar-refractivity contribution is 5.95. The molecule has 15 heteroatoms. The van der Waals surface area contributed by atoms with Crippen molar-refractivity contribution in [2.75, 3.05) is 6.61 Å². The van der Waals surface area contributed by atoms with Gasteiger partial charge in [-0.1, -0.05) is 66.7 Å². The third-order valence-electron chi connectivity index (χ3n) is 12.4. The molecule has 3 aromatic carbocycles. The molecule has 0 aromatic heterocycles. The number of carbonyl (C=O) groups excluding carboxylic acids is 6. The van der Waals surface area contributed by atoms with Gasteiger partial charge in [-0.25, -0.2) is 9.59 Å². The first kappa shape index (κ1) is 41.7. The highest BCUT2D eigenvalue weighted by Gasteiger charge is 2.76. The molecule has 15 nitrogen and oxygen atoms in total. The SMILES string of the molecule is CC(=O)O[C@H]1C(=O)[C@@]2(C)C([C@@H](OC(=O)c3ccccc3)[C@]3(O)CC(OC(=O)[C@@H](O)C(NC(=O)c4ccccc4)c4ccccc4)CC1C3)[C@]1(OC(C)=O)CO[C@@H]1C[C@@H]2O. The summed E-state index contributed by atoms with van der Waals surface area (Å²) in [7, 11) is 0. The smallest absolute Gasteiger partial charge is 0.338 e. The van der Waals surface area contributed by atoms with Crippen molar-refractivity contribution in [2.45, 2.75) is 100 Å². The van der Waals surface area contributed by atoms with E-state index in [0.717, 1.165) is 13.8 Å². The van der Waals surface area contributed by atoms with E-state index in [1.165, 1.54) is 19.1 Å². The maximum Gasteiger partial charge on any atom is 0.338 e. The molecule has 0 spiro atoms. The Morgan fingerprint density at radius 3 is 2.00 bits per heavy atom. The third kappa shape index (κ3) is 7.75. The summed E-state index contributed by atoms with van der Waals surface area (Å²) >= 11 is 0. The Kier molecular flexibility index (Phi) is 11.5. The molecule has 4 aliphatic rings. The number of aliphatic hydroxyl groups excluding tert-OH is 2. The minimum absolute atomic E-state index is 0.0891. The second-order valence-electron chi connectivity index (χ2n) is 16.2. The number of ether oxygens (including phenoxy) is 5. The molecule has 1 saturated heterocycles. The number of benzene rings is 3. The molecule has 1 heterocycles. The van der Waals surface area contributed by atoms with Crippen LogP contribution in [0.5, 0.6) is 0 Å². The quantitative estimate of drug-likeness (QED) is 0.171. The Morgan fingerprint density at radius 1 is 0.814 bits per heavy atom. The number of carbonyl (C=O) groups is 6. The summed E-state index contributed by atoms with van der Waals surface area (Å²) in [4.78, 5) is 81.9. The number of hydrogen-bond donors (Lipinski definition) is 4. The number of Topliss-reactive ketones (excluding diaryl/α,β-unsaturated/α-hetero) is 1. The number of ketones is 1. The number of hydrogen-bond acceptors (Lipinski definition) is 14. The molecule has 4 N–H and O–H groups in total. The molecule has 12 atom stereocenters. The van der Waals surface area contributed by atoms with Crippen LogP contribution in [0, 0.1) is 17.3 Å². The Hall–Kier alpha value is -5.48. The zero-order valence-corrected chi connectivity index (χ0v) is 32.7. The summed E-state index contributed by atoms with van der Waals surface area (Å²) in [6.07, 6.45) is -10.2. The summed E-state index contributed by atoms with van der Waals surface area (Å²) in [6.45, 7) is 3.38. The molecule has 3 aromatic rings. The first-order valence-corrected chi connectivity index (χ1v) is 19.6. The van der Waals surface area contributed by atoms with Gasteiger partial charge in [0.1, 0.15) is 23.9 Å². The van der Waals surface area contributed by atoms with Gasteiger partial charge in [0.15, 0.2) is 23.6 Å². The fourth-order valence-electron chi connectivity index (χ4n) is 9.67. The van der Waals surface area contributed by atoms with Crippen molar-refractivity contribution in [1.29, 1.82) is 0 Å². The topological polar surface area (TPSA) is 221 Å². The molecular weight excluding hydrogens is 766 g/mol. The van der Waals surface area contributed by atoms with E-state index in [4.69, 9.17) is 23.7 Å². The van der Waals surface area contributed by atoms with Crippen molar-refractivity contribution in [2.24, 2.45) is 17.3 Å². The van der Waals surface area contributed by atoms with Gasteiger partial charge >= 0.3 is 23.9 Å². The van der Waals surface area contributed by atoms with Crippen LogP contribution in [-0.2, 0) is 42.9 Å². The standard InChI is InChI=1S/C44H47NO14/c1-24(46)56-35-29-19-30(57-41(53)34(49)33(26-13-7-4-8-14-26)45-39(51)27-15-9-5-10-16-27)22-43(54,21-29)38(58-40(52)28-17-11-6-12-18-28)36-42(3,37(35)50)31(48)20-32-44(36,23-55-32)59-25(2)47/h4-18,29-36,38,48-49,54H,19-23H2,1-3H3,(H,45,51)/t29?,30?,31-,32+,33?,34-,35+,36?,38+,42+,43+,44-/m0/s1. The zero-order valence-electron chi connectivity index (χ0n) is 32.7. The second kappa shape index (κ2) is 16.3. The van der Waals surface area contributed by atoms with E-state index in [-0.39, 0.29) is 37.0 Å². The fraction of sp³-hybridized carbons (Fsp3) is 0.455. The van der Waals surface area contributed by atoms with Gasteiger partial charge in [-0.15, -0.1) is 0 Å². The molecule has 7 rings (SSSR count). The van der Waals surface area contributed by atoms with Crippen LogP contribution in [0.25, 0.3) is 0 Å². The lowest BCUT2D eigenvalue weighted by atomic mass is 9.47. The van der Waals surface area contributed by atoms with Gasteiger partial charge in [0.25, 0.3) is 5.91 Å². The molecule has 4 fully saturated rings. The van der Waals surface area contributed by atoms with Crippen LogP contribution >= 0.6 is 0 Å². The molecule has 59 heavy (non-hydrogen) atoms. The Morgan fingerprint density at radius 2 is 1.42 bits per heavy atom. The first-order chi connectivity index (χ1) is 28.1. The van der Waals surface area contributed by atoms with Crippen LogP contribution in [0.2, 0.25) is 0 Å². The summed E-state index contributed by atoms with van der Waals surface area (Å²) in [5, 5.41) is 39.3. The molecule has 2 bridgehead atoms. The number of fused-ring (bicyclic) bond motifs is 5. The van der Waals surface area contributed by atoms with E-state index in [9.17, 15) is 39.3 Å². The molecule has 3 saturated carbocycles. The minimum Gasteiger partial charge on any atom is -0.460 e. The van der Waals surface area contributed by atoms with E-state index in [1.807, 2.05) is 0 Å². The van der Waals surface area contributed by atoms with Gasteiger partial charge in [-0.05, 0) is 49.6 Å². The number of esters is 4. The van der Waals surface area contributed by atoms with E-state index in [0.29, 0.717) is 5.56 Å². The van der Waals surface area contributed by atoms with Gasteiger partial charge in [0.05, 0.1) is 35.6 Å². The van der Waals surface area contributed by atoms with Crippen LogP contribution in [-0.4, -0.2) is 105 Å². The van der Waals surface area contributed by atoms with Crippen LogP contribution in [0.4, 0.5) is 0 Å². The van der Waals surface area contributed by atoms with Crippen molar-refractivity contribution in [3.63, 3.8) is 0 Å². The van der Waals surface area contributed by atoms with Crippen LogP contribution in [0.15, 0.2) is 91.0 Å². The Labute approximate surface area is 339 Å². The highest BCUT2D eigenvalue weighted by Crippen LogP contribution is 2.61. The van der Waals surface area contributed by atoms with Crippen molar-refractivity contribution < 1.29 is 67.8 Å². The van der Waals surface area contributed by atoms with Gasteiger partial charge in [0.2, 0.25) is 0 Å². The summed E-state index contributed by atoms with van der Waals surface area (Å²) < 4.78 is 29.7. The van der Waals surface area contributed by atoms with Crippen molar-refractivity contribution in [3.05, 3.63) is 108 Å². The highest BCUT2D eigenvalue weighted by atomic mass is 16.6. The van der Waals surface area contributed by atoms with Gasteiger partial charge in [-0.3, -0.25) is 19.2 Å². The fourth-order valence-corrected chi connectivity index (χ4v) is 9.67. The molecule has 3 aliphatic carbocycles. The second-order valence-corrected chi connectivity index (χ2v) is 16.2. The van der Waals surface area contributed by atoms with Crippen molar-refractivity contribution in [1.82, 2.24) is 5.32 Å². The maximum atomic E-state index is 15.1. The summed E-state index contributed by atoms with van der Waals surface area (Å²) in [5.74, 6) is -7.63. The predicted molar refractivity (Wildman–Crippen MR) is 204 cm³/mol. The first-order valence-electron chi connectivity index (χ1n) is 19.6. The largest absolute Gasteiger partial charge is 0.460 e. The average molecular weight is 814 g/mol. The lowest BCUT2D eigenvalue weighted by molar-refractivity contribution is -0.344. The predicted octanol–water partition coefficient (Wildman–Crippen LogP) is 2.79. The minimum atomic E-state index is -2.21. The van der Waals surface area contributed by atoms with E-state index < -0.39 is 113 Å². The van der Waals surface area contributed by atoms with Gasteiger partial charge < -0.3 is 44.3 Å².